The van der Waals surface area contributed by atoms with Crippen LogP contribution >= 0.6 is 0 Å². The predicted molar refractivity (Wildman–Crippen MR) is 83.2 cm³/mol. The number of carbonyl (C=O) groups excluding carboxylic acids is 2. The first-order valence-corrected chi connectivity index (χ1v) is 10.1. The standard InChI is InChI=1S/C15H30O4Si/c1-12(11-16)8-9-13(10-14(17)18-5)19-20(6,7)15(2,3)4/h11-13H,8-10H2,1-7H3/t12-,13-/m1/s1. The summed E-state index contributed by atoms with van der Waals surface area (Å²) in [7, 11) is -0.537. The van der Waals surface area contributed by atoms with Gasteiger partial charge in [-0.1, -0.05) is 27.7 Å². The molecule has 0 aliphatic heterocycles. The van der Waals surface area contributed by atoms with Gasteiger partial charge in [-0.05, 0) is 31.0 Å². The lowest BCUT2D eigenvalue weighted by Crippen LogP contribution is -2.44. The van der Waals surface area contributed by atoms with E-state index in [0.29, 0.717) is 6.42 Å². The molecule has 0 radical (unpaired) electrons. The summed E-state index contributed by atoms with van der Waals surface area (Å²) in [6, 6.07) is 0. The van der Waals surface area contributed by atoms with E-state index in [1.54, 1.807) is 0 Å². The summed E-state index contributed by atoms with van der Waals surface area (Å²) in [5.74, 6) is -0.259. The van der Waals surface area contributed by atoms with E-state index in [-0.39, 0.29) is 29.5 Å². The lowest BCUT2D eigenvalue weighted by atomic mass is 10.0. The molecule has 0 heterocycles. The molecule has 0 fully saturated rings. The lowest BCUT2D eigenvalue weighted by molar-refractivity contribution is -0.142. The van der Waals surface area contributed by atoms with E-state index >= 15 is 0 Å². The van der Waals surface area contributed by atoms with Gasteiger partial charge in [-0.2, -0.15) is 0 Å². The highest BCUT2D eigenvalue weighted by Crippen LogP contribution is 2.38. The second-order valence-electron chi connectivity index (χ2n) is 6.97. The molecule has 118 valence electrons. The molecule has 0 N–H and O–H groups in total. The number of rotatable bonds is 8. The molecule has 0 saturated heterocycles. The zero-order chi connectivity index (χ0) is 16.0. The second kappa shape index (κ2) is 7.93. The first kappa shape index (κ1) is 19.3. The minimum atomic E-state index is -1.93. The van der Waals surface area contributed by atoms with Gasteiger partial charge in [-0.25, -0.2) is 0 Å². The molecule has 0 bridgehead atoms. The maximum atomic E-state index is 11.5. The average Bonchev–Trinajstić information content (AvgIpc) is 2.33. The zero-order valence-electron chi connectivity index (χ0n) is 14.0. The van der Waals surface area contributed by atoms with Crippen molar-refractivity contribution in [1.29, 1.82) is 0 Å². The molecule has 0 aromatic rings. The molecule has 0 spiro atoms. The van der Waals surface area contributed by atoms with E-state index in [2.05, 4.69) is 33.9 Å². The maximum absolute atomic E-state index is 11.5. The maximum Gasteiger partial charge on any atom is 0.308 e. The van der Waals surface area contributed by atoms with Gasteiger partial charge in [0.1, 0.15) is 6.29 Å². The molecule has 0 saturated carbocycles. The Morgan fingerprint density at radius 1 is 1.25 bits per heavy atom. The van der Waals surface area contributed by atoms with Crippen LogP contribution in [-0.4, -0.2) is 33.8 Å². The summed E-state index contributed by atoms with van der Waals surface area (Å²) in [6.07, 6.45) is 2.49. The number of methoxy groups -OCH3 is 1. The number of hydrogen-bond donors (Lipinski definition) is 0. The normalized spacial score (nSPS) is 15.6. The largest absolute Gasteiger partial charge is 0.469 e. The van der Waals surface area contributed by atoms with Crippen molar-refractivity contribution in [1.82, 2.24) is 0 Å². The Kier molecular flexibility index (Phi) is 7.66. The molecular formula is C15H30O4Si. The van der Waals surface area contributed by atoms with Gasteiger partial charge in [0.25, 0.3) is 0 Å². The number of ether oxygens (including phenoxy) is 1. The van der Waals surface area contributed by atoms with E-state index in [0.717, 1.165) is 12.7 Å². The Morgan fingerprint density at radius 2 is 1.80 bits per heavy atom. The molecule has 4 nitrogen and oxygen atoms in total. The van der Waals surface area contributed by atoms with Gasteiger partial charge in [0.05, 0.1) is 19.6 Å². The summed E-state index contributed by atoms with van der Waals surface area (Å²) in [4.78, 5) is 22.2. The zero-order valence-corrected chi connectivity index (χ0v) is 15.0. The first-order valence-electron chi connectivity index (χ1n) is 7.23. The van der Waals surface area contributed by atoms with Crippen LogP contribution in [0.25, 0.3) is 0 Å². The van der Waals surface area contributed by atoms with Crippen LogP contribution in [0.3, 0.4) is 0 Å². The summed E-state index contributed by atoms with van der Waals surface area (Å²) < 4.78 is 11.0. The monoisotopic (exact) mass is 302 g/mol. The van der Waals surface area contributed by atoms with Crippen molar-refractivity contribution in [3.63, 3.8) is 0 Å². The Balaban J connectivity index is 4.76. The molecule has 0 aliphatic rings. The second-order valence-corrected chi connectivity index (χ2v) is 11.7. The fraction of sp³-hybridized carbons (Fsp3) is 0.867. The highest BCUT2D eigenvalue weighted by molar-refractivity contribution is 6.74. The van der Waals surface area contributed by atoms with Crippen molar-refractivity contribution in [3.05, 3.63) is 0 Å². The average molecular weight is 302 g/mol. The summed E-state index contributed by atoms with van der Waals surface area (Å²) in [5.41, 5.74) is 0. The molecule has 0 unspecified atom stereocenters. The molecule has 0 aromatic carbocycles. The fourth-order valence-corrected chi connectivity index (χ4v) is 2.97. The van der Waals surface area contributed by atoms with Gasteiger partial charge in [-0.15, -0.1) is 0 Å². The molecular weight excluding hydrogens is 272 g/mol. The Bertz CT molecular complexity index is 320. The minimum Gasteiger partial charge on any atom is -0.469 e. The highest BCUT2D eigenvalue weighted by atomic mass is 28.4. The number of hydrogen-bond acceptors (Lipinski definition) is 4. The van der Waals surface area contributed by atoms with Gasteiger partial charge < -0.3 is 14.0 Å². The van der Waals surface area contributed by atoms with E-state index < -0.39 is 8.32 Å². The fourth-order valence-electron chi connectivity index (χ4n) is 1.58. The third-order valence-corrected chi connectivity index (χ3v) is 8.60. The van der Waals surface area contributed by atoms with Crippen LogP contribution in [0.1, 0.15) is 47.0 Å². The van der Waals surface area contributed by atoms with Crippen molar-refractivity contribution in [2.24, 2.45) is 5.92 Å². The summed E-state index contributed by atoms with van der Waals surface area (Å²) >= 11 is 0. The molecule has 0 aromatic heterocycles. The minimum absolute atomic E-state index is 0.00170. The van der Waals surface area contributed by atoms with Gasteiger partial charge in [0.2, 0.25) is 0 Å². The number of esters is 1. The van der Waals surface area contributed by atoms with Crippen molar-refractivity contribution in [3.8, 4) is 0 Å². The van der Waals surface area contributed by atoms with E-state index in [1.165, 1.54) is 7.11 Å². The van der Waals surface area contributed by atoms with E-state index in [9.17, 15) is 9.59 Å². The predicted octanol–water partition coefficient (Wildman–Crippen LogP) is 3.56. The Labute approximate surface area is 124 Å². The number of aldehydes is 1. The van der Waals surface area contributed by atoms with Crippen molar-refractivity contribution in [2.75, 3.05) is 7.11 Å². The van der Waals surface area contributed by atoms with Crippen LogP contribution in [0.4, 0.5) is 0 Å². The molecule has 2 atom stereocenters. The topological polar surface area (TPSA) is 52.6 Å². The molecule has 0 amide bonds. The van der Waals surface area contributed by atoms with Crippen molar-refractivity contribution in [2.45, 2.75) is 71.2 Å². The van der Waals surface area contributed by atoms with E-state index in [1.807, 2.05) is 6.92 Å². The highest BCUT2D eigenvalue weighted by Gasteiger charge is 2.39. The Hall–Kier alpha value is -0.683. The lowest BCUT2D eigenvalue weighted by Gasteiger charge is -2.39. The third kappa shape index (κ3) is 6.66. The van der Waals surface area contributed by atoms with Gasteiger partial charge in [0, 0.05) is 5.92 Å². The van der Waals surface area contributed by atoms with Crippen LogP contribution in [-0.2, 0) is 18.8 Å². The van der Waals surface area contributed by atoms with Crippen molar-refractivity contribution < 1.29 is 18.8 Å². The van der Waals surface area contributed by atoms with Crippen LogP contribution in [0.15, 0.2) is 0 Å². The van der Waals surface area contributed by atoms with Crippen molar-refractivity contribution >= 4 is 20.6 Å². The van der Waals surface area contributed by atoms with Crippen LogP contribution < -0.4 is 0 Å². The summed E-state index contributed by atoms with van der Waals surface area (Å²) in [5, 5.41) is 0.0949. The van der Waals surface area contributed by atoms with Crippen LogP contribution in [0.5, 0.6) is 0 Å². The summed E-state index contributed by atoms with van der Waals surface area (Å²) in [6.45, 7) is 12.7. The third-order valence-electron chi connectivity index (χ3n) is 4.07. The van der Waals surface area contributed by atoms with E-state index in [4.69, 9.17) is 9.16 Å². The van der Waals surface area contributed by atoms with Gasteiger partial charge in [0.15, 0.2) is 8.32 Å². The van der Waals surface area contributed by atoms with Gasteiger partial charge in [-0.3, -0.25) is 4.79 Å². The number of carbonyl (C=O) groups is 2. The quantitative estimate of drug-likeness (QED) is 0.391. The first-order chi connectivity index (χ1) is 9.03. The molecule has 0 aliphatic carbocycles. The molecule has 0 rings (SSSR count). The molecule has 20 heavy (non-hydrogen) atoms. The van der Waals surface area contributed by atoms with Crippen LogP contribution in [0, 0.1) is 5.92 Å². The smallest absolute Gasteiger partial charge is 0.308 e. The Morgan fingerprint density at radius 3 is 2.20 bits per heavy atom. The van der Waals surface area contributed by atoms with Crippen LogP contribution in [0.2, 0.25) is 18.1 Å². The SMILES string of the molecule is COC(=O)C[C@@H](CC[C@@H](C)C=O)O[Si](C)(C)C(C)(C)C. The molecule has 5 heteroatoms. The van der Waals surface area contributed by atoms with Gasteiger partial charge >= 0.3 is 5.97 Å².